The molecular formula is C20H26N2O. The van der Waals surface area contributed by atoms with Gasteiger partial charge in [0.15, 0.2) is 0 Å². The molecule has 0 aromatic heterocycles. The van der Waals surface area contributed by atoms with Crippen LogP contribution in [0.2, 0.25) is 0 Å². The van der Waals surface area contributed by atoms with Crippen LogP contribution in [0.3, 0.4) is 0 Å². The van der Waals surface area contributed by atoms with Gasteiger partial charge >= 0.3 is 0 Å². The molecule has 0 saturated carbocycles. The molecule has 1 atom stereocenters. The van der Waals surface area contributed by atoms with Crippen molar-refractivity contribution in [1.82, 2.24) is 4.90 Å². The minimum Gasteiger partial charge on any atom is -0.493 e. The fourth-order valence-corrected chi connectivity index (χ4v) is 3.34. The molecule has 1 aliphatic heterocycles. The van der Waals surface area contributed by atoms with Crippen LogP contribution in [-0.2, 0) is 6.42 Å². The lowest BCUT2D eigenvalue weighted by Crippen LogP contribution is -2.31. The standard InChI is InChI=1S/C20H26N2O/c21-16-19(22-13-6-7-14-22)18-10-4-5-11-20(18)23-15-12-17-8-2-1-3-9-17/h1-5,8-11,19H,6-7,12-16,21H2. The number of ether oxygens (including phenoxy) is 1. The van der Waals surface area contributed by atoms with Crippen molar-refractivity contribution in [3.8, 4) is 5.75 Å². The summed E-state index contributed by atoms with van der Waals surface area (Å²) in [7, 11) is 0. The van der Waals surface area contributed by atoms with Crippen molar-refractivity contribution in [2.24, 2.45) is 5.73 Å². The van der Waals surface area contributed by atoms with Crippen LogP contribution < -0.4 is 10.5 Å². The second-order valence-corrected chi connectivity index (χ2v) is 6.12. The Balaban J connectivity index is 1.67. The Morgan fingerprint density at radius 2 is 1.65 bits per heavy atom. The van der Waals surface area contributed by atoms with E-state index in [-0.39, 0.29) is 6.04 Å². The average molecular weight is 310 g/mol. The molecule has 0 bridgehead atoms. The zero-order valence-corrected chi connectivity index (χ0v) is 13.7. The van der Waals surface area contributed by atoms with Crippen LogP contribution in [0.25, 0.3) is 0 Å². The Kier molecular flexibility index (Phi) is 5.67. The molecule has 1 saturated heterocycles. The third-order valence-corrected chi connectivity index (χ3v) is 4.57. The van der Waals surface area contributed by atoms with Crippen molar-refractivity contribution < 1.29 is 4.74 Å². The molecule has 3 heteroatoms. The van der Waals surface area contributed by atoms with Crippen LogP contribution in [0.1, 0.15) is 30.0 Å². The molecule has 3 nitrogen and oxygen atoms in total. The largest absolute Gasteiger partial charge is 0.493 e. The first-order valence-electron chi connectivity index (χ1n) is 8.58. The molecule has 0 radical (unpaired) electrons. The van der Waals surface area contributed by atoms with Gasteiger partial charge in [-0.25, -0.2) is 0 Å². The Hall–Kier alpha value is -1.84. The third-order valence-electron chi connectivity index (χ3n) is 4.57. The number of hydrogen-bond acceptors (Lipinski definition) is 3. The van der Waals surface area contributed by atoms with Gasteiger partial charge in [-0.1, -0.05) is 48.5 Å². The van der Waals surface area contributed by atoms with Crippen molar-refractivity contribution in [2.75, 3.05) is 26.2 Å². The Labute approximate surface area is 139 Å². The summed E-state index contributed by atoms with van der Waals surface area (Å²) in [5.74, 6) is 0.978. The second kappa shape index (κ2) is 8.14. The SMILES string of the molecule is NCC(c1ccccc1OCCc1ccccc1)N1CCCC1. The van der Waals surface area contributed by atoms with Crippen LogP contribution in [0, 0.1) is 0 Å². The van der Waals surface area contributed by atoms with Crippen molar-refractivity contribution in [2.45, 2.75) is 25.3 Å². The van der Waals surface area contributed by atoms with Gasteiger partial charge in [-0.15, -0.1) is 0 Å². The lowest BCUT2D eigenvalue weighted by Gasteiger charge is -2.28. The fraction of sp³-hybridized carbons (Fsp3) is 0.400. The summed E-state index contributed by atoms with van der Waals surface area (Å²) in [5.41, 5.74) is 8.61. The second-order valence-electron chi connectivity index (χ2n) is 6.12. The summed E-state index contributed by atoms with van der Waals surface area (Å²) in [4.78, 5) is 2.49. The number of nitrogens with two attached hydrogens (primary N) is 1. The molecule has 1 fully saturated rings. The molecule has 0 spiro atoms. The van der Waals surface area contributed by atoms with E-state index >= 15 is 0 Å². The topological polar surface area (TPSA) is 38.5 Å². The van der Waals surface area contributed by atoms with Gasteiger partial charge in [-0.05, 0) is 37.6 Å². The van der Waals surface area contributed by atoms with Crippen LogP contribution >= 0.6 is 0 Å². The minimum atomic E-state index is 0.269. The summed E-state index contributed by atoms with van der Waals surface area (Å²) in [5, 5.41) is 0. The van der Waals surface area contributed by atoms with Gasteiger partial charge in [-0.3, -0.25) is 4.90 Å². The van der Waals surface area contributed by atoms with Crippen molar-refractivity contribution >= 4 is 0 Å². The van der Waals surface area contributed by atoms with Crippen LogP contribution in [0.4, 0.5) is 0 Å². The number of benzene rings is 2. The summed E-state index contributed by atoms with van der Waals surface area (Å²) >= 11 is 0. The van der Waals surface area contributed by atoms with Gasteiger partial charge in [0, 0.05) is 18.5 Å². The van der Waals surface area contributed by atoms with Gasteiger partial charge in [0.05, 0.1) is 12.6 Å². The molecule has 0 aliphatic carbocycles. The highest BCUT2D eigenvalue weighted by molar-refractivity contribution is 5.36. The molecule has 1 heterocycles. The number of rotatable bonds is 7. The Morgan fingerprint density at radius 3 is 2.39 bits per heavy atom. The normalized spacial score (nSPS) is 16.4. The first kappa shape index (κ1) is 16.0. The molecule has 122 valence electrons. The zero-order chi connectivity index (χ0) is 15.9. The van der Waals surface area contributed by atoms with E-state index in [1.165, 1.54) is 24.0 Å². The number of hydrogen-bond donors (Lipinski definition) is 1. The third kappa shape index (κ3) is 4.12. The van der Waals surface area contributed by atoms with Gasteiger partial charge in [-0.2, -0.15) is 0 Å². The number of nitrogens with zero attached hydrogens (tertiary/aromatic N) is 1. The summed E-state index contributed by atoms with van der Waals surface area (Å²) in [6.45, 7) is 3.61. The maximum Gasteiger partial charge on any atom is 0.124 e. The highest BCUT2D eigenvalue weighted by atomic mass is 16.5. The van der Waals surface area contributed by atoms with E-state index in [9.17, 15) is 0 Å². The predicted octanol–water partition coefficient (Wildman–Crippen LogP) is 3.40. The molecule has 1 aliphatic rings. The molecule has 2 N–H and O–H groups in total. The van der Waals surface area contributed by atoms with E-state index in [1.54, 1.807) is 0 Å². The number of para-hydroxylation sites is 1. The first-order chi connectivity index (χ1) is 11.4. The van der Waals surface area contributed by atoms with Gasteiger partial charge < -0.3 is 10.5 Å². The lowest BCUT2D eigenvalue weighted by molar-refractivity contribution is 0.239. The van der Waals surface area contributed by atoms with E-state index in [0.29, 0.717) is 13.2 Å². The summed E-state index contributed by atoms with van der Waals surface area (Å²) < 4.78 is 6.10. The summed E-state index contributed by atoms with van der Waals surface area (Å²) in [6.07, 6.45) is 3.47. The number of likely N-dealkylation sites (tertiary alicyclic amines) is 1. The van der Waals surface area contributed by atoms with Gasteiger partial charge in [0.2, 0.25) is 0 Å². The molecule has 2 aromatic rings. The van der Waals surface area contributed by atoms with Crippen molar-refractivity contribution in [1.29, 1.82) is 0 Å². The highest BCUT2D eigenvalue weighted by Gasteiger charge is 2.24. The zero-order valence-electron chi connectivity index (χ0n) is 13.7. The minimum absolute atomic E-state index is 0.269. The average Bonchev–Trinajstić information content (AvgIpc) is 3.12. The molecule has 1 unspecified atom stereocenters. The van der Waals surface area contributed by atoms with Crippen LogP contribution in [0.15, 0.2) is 54.6 Å². The van der Waals surface area contributed by atoms with Crippen LogP contribution in [-0.4, -0.2) is 31.1 Å². The van der Waals surface area contributed by atoms with E-state index in [2.05, 4.69) is 47.4 Å². The molecule has 0 amide bonds. The monoisotopic (exact) mass is 310 g/mol. The fourth-order valence-electron chi connectivity index (χ4n) is 3.34. The Bertz CT molecular complexity index is 594. The van der Waals surface area contributed by atoms with Crippen molar-refractivity contribution in [3.63, 3.8) is 0 Å². The predicted molar refractivity (Wildman–Crippen MR) is 94.7 cm³/mol. The molecular weight excluding hydrogens is 284 g/mol. The van der Waals surface area contributed by atoms with Gasteiger partial charge in [0.25, 0.3) is 0 Å². The van der Waals surface area contributed by atoms with E-state index in [1.807, 2.05) is 12.1 Å². The molecule has 2 aromatic carbocycles. The van der Waals surface area contributed by atoms with E-state index < -0.39 is 0 Å². The maximum absolute atomic E-state index is 6.10. The quantitative estimate of drug-likeness (QED) is 0.852. The van der Waals surface area contributed by atoms with Gasteiger partial charge in [0.1, 0.15) is 5.75 Å². The maximum atomic E-state index is 6.10. The smallest absolute Gasteiger partial charge is 0.124 e. The first-order valence-corrected chi connectivity index (χ1v) is 8.58. The molecule has 3 rings (SSSR count). The van der Waals surface area contributed by atoms with E-state index in [4.69, 9.17) is 10.5 Å². The highest BCUT2D eigenvalue weighted by Crippen LogP contribution is 2.31. The summed E-state index contributed by atoms with van der Waals surface area (Å²) in [6, 6.07) is 19.1. The van der Waals surface area contributed by atoms with Crippen molar-refractivity contribution in [3.05, 3.63) is 65.7 Å². The van der Waals surface area contributed by atoms with Crippen LogP contribution in [0.5, 0.6) is 5.75 Å². The lowest BCUT2D eigenvalue weighted by atomic mass is 10.0. The Morgan fingerprint density at radius 1 is 0.957 bits per heavy atom. The molecule has 23 heavy (non-hydrogen) atoms. The van der Waals surface area contributed by atoms with E-state index in [0.717, 1.165) is 25.3 Å².